The van der Waals surface area contributed by atoms with Gasteiger partial charge in [0.1, 0.15) is 5.69 Å². The van der Waals surface area contributed by atoms with E-state index in [0.717, 1.165) is 17.7 Å². The number of nitrogens with zero attached hydrogens (tertiary/aromatic N) is 4. The zero-order chi connectivity index (χ0) is 20.8. The van der Waals surface area contributed by atoms with Gasteiger partial charge in [-0.3, -0.25) is 19.3 Å². The van der Waals surface area contributed by atoms with Gasteiger partial charge in [0, 0.05) is 25.6 Å². The monoisotopic (exact) mass is 398 g/mol. The molecule has 2 amide bonds. The van der Waals surface area contributed by atoms with Crippen LogP contribution in [0.4, 0.5) is 0 Å². The second-order valence-electron chi connectivity index (χ2n) is 8.45. The van der Waals surface area contributed by atoms with E-state index in [1.807, 2.05) is 24.3 Å². The number of rotatable bonds is 3. The minimum atomic E-state index is -0.202. The highest BCUT2D eigenvalue weighted by Gasteiger charge is 2.33. The third-order valence-corrected chi connectivity index (χ3v) is 5.21. The molecule has 154 valence electrons. The van der Waals surface area contributed by atoms with Gasteiger partial charge in [-0.15, -0.1) is 0 Å². The van der Waals surface area contributed by atoms with Crippen LogP contribution in [-0.4, -0.2) is 51.5 Å². The number of hydrogen-bond donors (Lipinski definition) is 0. The van der Waals surface area contributed by atoms with Crippen LogP contribution in [0.5, 0.6) is 11.5 Å². The van der Waals surface area contributed by atoms with E-state index in [0.29, 0.717) is 30.3 Å². The summed E-state index contributed by atoms with van der Waals surface area (Å²) >= 11 is 0. The van der Waals surface area contributed by atoms with Gasteiger partial charge in [0.05, 0.1) is 12.1 Å². The molecule has 1 fully saturated rings. The zero-order valence-corrected chi connectivity index (χ0v) is 17.3. The predicted octanol–water partition coefficient (Wildman–Crippen LogP) is 2.28. The Bertz CT molecular complexity index is 960. The predicted molar refractivity (Wildman–Crippen MR) is 106 cm³/mol. The smallest absolute Gasteiger partial charge is 0.290 e. The highest BCUT2D eigenvalue weighted by Crippen LogP contribution is 2.33. The summed E-state index contributed by atoms with van der Waals surface area (Å²) in [6.07, 6.45) is 0.946. The number of carbonyl (C=O) groups excluding carboxylic acids is 2. The number of aromatic nitrogens is 2. The van der Waals surface area contributed by atoms with Crippen molar-refractivity contribution in [1.82, 2.24) is 19.8 Å². The summed E-state index contributed by atoms with van der Waals surface area (Å²) in [5.41, 5.74) is 2.00. The number of fused-ring (bicyclic) bond motifs is 1. The van der Waals surface area contributed by atoms with Crippen LogP contribution in [0.3, 0.4) is 0 Å². The second kappa shape index (κ2) is 7.09. The maximum absolute atomic E-state index is 13.2. The first kappa shape index (κ1) is 19.3. The maximum atomic E-state index is 13.2. The first-order valence-electron chi connectivity index (χ1n) is 9.79. The van der Waals surface area contributed by atoms with Crippen LogP contribution in [-0.2, 0) is 23.7 Å². The third-order valence-electron chi connectivity index (χ3n) is 5.21. The number of hydrogen-bond acceptors (Lipinski definition) is 5. The Morgan fingerprint density at radius 3 is 2.52 bits per heavy atom. The van der Waals surface area contributed by atoms with Gasteiger partial charge >= 0.3 is 0 Å². The van der Waals surface area contributed by atoms with Crippen molar-refractivity contribution in [2.45, 2.75) is 39.0 Å². The number of benzene rings is 1. The Morgan fingerprint density at radius 2 is 1.79 bits per heavy atom. The Morgan fingerprint density at radius 1 is 1.07 bits per heavy atom. The molecule has 1 saturated heterocycles. The molecule has 0 saturated carbocycles. The molecule has 2 aromatic rings. The van der Waals surface area contributed by atoms with E-state index in [1.54, 1.807) is 21.7 Å². The van der Waals surface area contributed by atoms with Crippen LogP contribution in [0.2, 0.25) is 0 Å². The quantitative estimate of drug-likeness (QED) is 0.793. The van der Waals surface area contributed by atoms with E-state index in [9.17, 15) is 9.59 Å². The SMILES string of the molecule is Cn1nc(C(C)(C)C)cc1C(=O)N1CCCN1C(=O)Cc1ccc2c(c1)OCO2. The molecular weight excluding hydrogens is 372 g/mol. The lowest BCUT2D eigenvalue weighted by Gasteiger charge is -2.28. The van der Waals surface area contributed by atoms with Crippen molar-refractivity contribution in [2.24, 2.45) is 7.05 Å². The van der Waals surface area contributed by atoms with Crippen molar-refractivity contribution in [3.63, 3.8) is 0 Å². The molecule has 8 nitrogen and oxygen atoms in total. The van der Waals surface area contributed by atoms with Crippen LogP contribution >= 0.6 is 0 Å². The summed E-state index contributed by atoms with van der Waals surface area (Å²) in [6.45, 7) is 7.41. The van der Waals surface area contributed by atoms with Gasteiger partial charge in [0.15, 0.2) is 11.5 Å². The Kier molecular flexibility index (Phi) is 4.72. The van der Waals surface area contributed by atoms with Crippen molar-refractivity contribution in [3.05, 3.63) is 41.2 Å². The Hall–Kier alpha value is -3.03. The van der Waals surface area contributed by atoms with Gasteiger partial charge in [-0.2, -0.15) is 5.10 Å². The molecule has 1 aromatic heterocycles. The molecule has 0 N–H and O–H groups in total. The molecule has 0 unspecified atom stereocenters. The Labute approximate surface area is 170 Å². The largest absolute Gasteiger partial charge is 0.454 e. The summed E-state index contributed by atoms with van der Waals surface area (Å²) < 4.78 is 12.3. The molecule has 0 bridgehead atoms. The van der Waals surface area contributed by atoms with Crippen LogP contribution in [0, 0.1) is 0 Å². The standard InChI is InChI=1S/C21H26N4O4/c1-21(2,3)18-12-15(23(4)22-18)20(27)25-9-5-8-24(25)19(26)11-14-6-7-16-17(10-14)29-13-28-16/h6-7,10,12H,5,8-9,11,13H2,1-4H3. The summed E-state index contributed by atoms with van der Waals surface area (Å²) in [4.78, 5) is 26.1. The van der Waals surface area contributed by atoms with Gasteiger partial charge in [-0.25, -0.2) is 5.01 Å². The first-order chi connectivity index (χ1) is 13.7. The average Bonchev–Trinajstić information content (AvgIpc) is 3.39. The fourth-order valence-corrected chi connectivity index (χ4v) is 3.57. The highest BCUT2D eigenvalue weighted by atomic mass is 16.7. The van der Waals surface area contributed by atoms with Gasteiger partial charge in [0.25, 0.3) is 5.91 Å². The van der Waals surface area contributed by atoms with Crippen LogP contribution in [0.1, 0.15) is 48.9 Å². The lowest BCUT2D eigenvalue weighted by Crippen LogP contribution is -2.46. The highest BCUT2D eigenvalue weighted by molar-refractivity contribution is 5.94. The third kappa shape index (κ3) is 3.66. The lowest BCUT2D eigenvalue weighted by molar-refractivity contribution is -0.139. The van der Waals surface area contributed by atoms with E-state index in [1.165, 1.54) is 0 Å². The van der Waals surface area contributed by atoms with Crippen LogP contribution < -0.4 is 9.47 Å². The zero-order valence-electron chi connectivity index (χ0n) is 17.3. The van der Waals surface area contributed by atoms with E-state index in [4.69, 9.17) is 9.47 Å². The number of hydrazine groups is 1. The van der Waals surface area contributed by atoms with Crippen molar-refractivity contribution >= 4 is 11.8 Å². The molecule has 0 atom stereocenters. The number of carbonyl (C=O) groups is 2. The van der Waals surface area contributed by atoms with E-state index in [-0.39, 0.29) is 30.4 Å². The van der Waals surface area contributed by atoms with E-state index in [2.05, 4.69) is 25.9 Å². The normalized spacial score (nSPS) is 15.9. The van der Waals surface area contributed by atoms with Crippen molar-refractivity contribution < 1.29 is 19.1 Å². The van der Waals surface area contributed by atoms with Crippen molar-refractivity contribution in [2.75, 3.05) is 19.9 Å². The van der Waals surface area contributed by atoms with E-state index >= 15 is 0 Å². The molecule has 8 heteroatoms. The molecule has 29 heavy (non-hydrogen) atoms. The molecular formula is C21H26N4O4. The summed E-state index contributed by atoms with van der Waals surface area (Å²) in [5.74, 6) is 1.01. The molecule has 2 aliphatic heterocycles. The second-order valence-corrected chi connectivity index (χ2v) is 8.45. The maximum Gasteiger partial charge on any atom is 0.290 e. The van der Waals surface area contributed by atoms with E-state index < -0.39 is 0 Å². The van der Waals surface area contributed by atoms with Crippen molar-refractivity contribution in [3.8, 4) is 11.5 Å². The number of amides is 2. The molecule has 1 aromatic carbocycles. The molecule has 0 spiro atoms. The molecule has 0 aliphatic carbocycles. The summed E-state index contributed by atoms with van der Waals surface area (Å²) in [7, 11) is 1.76. The van der Waals surface area contributed by atoms with Crippen molar-refractivity contribution in [1.29, 1.82) is 0 Å². The molecule has 0 radical (unpaired) electrons. The summed E-state index contributed by atoms with van der Waals surface area (Å²) in [5, 5.41) is 7.58. The lowest BCUT2D eigenvalue weighted by atomic mass is 9.92. The average molecular weight is 398 g/mol. The first-order valence-corrected chi connectivity index (χ1v) is 9.79. The molecule has 2 aliphatic rings. The Balaban J connectivity index is 1.51. The summed E-state index contributed by atoms with van der Waals surface area (Å²) in [6, 6.07) is 7.30. The molecule has 4 rings (SSSR count). The fourth-order valence-electron chi connectivity index (χ4n) is 3.57. The number of ether oxygens (including phenoxy) is 2. The topological polar surface area (TPSA) is 76.9 Å². The van der Waals surface area contributed by atoms with Gasteiger partial charge in [-0.1, -0.05) is 26.8 Å². The fraction of sp³-hybridized carbons (Fsp3) is 0.476. The van der Waals surface area contributed by atoms with Crippen LogP contribution in [0.15, 0.2) is 24.3 Å². The minimum absolute atomic E-state index is 0.118. The minimum Gasteiger partial charge on any atom is -0.454 e. The number of aryl methyl sites for hydroxylation is 1. The van der Waals surface area contributed by atoms with Gasteiger partial charge in [-0.05, 0) is 30.2 Å². The van der Waals surface area contributed by atoms with Crippen LogP contribution in [0.25, 0.3) is 0 Å². The van der Waals surface area contributed by atoms with Gasteiger partial charge in [0.2, 0.25) is 12.7 Å². The van der Waals surface area contributed by atoms with Gasteiger partial charge < -0.3 is 9.47 Å². The molecule has 3 heterocycles.